The van der Waals surface area contributed by atoms with Gasteiger partial charge in [0.25, 0.3) is 5.91 Å². The van der Waals surface area contributed by atoms with Gasteiger partial charge in [0.15, 0.2) is 0 Å². The molecule has 15 heavy (non-hydrogen) atoms. The molecular formula is C9H13N3O2S. The molecule has 0 spiro atoms. The number of hydrogen-bond acceptors (Lipinski definition) is 4. The molecule has 1 aromatic heterocycles. The second-order valence-electron chi connectivity index (χ2n) is 3.47. The van der Waals surface area contributed by atoms with Gasteiger partial charge in [-0.2, -0.15) is 4.37 Å². The SMILES string of the molecule is CC(=O)Nc1snc(C(C)C)c1C(N)=O. The normalized spacial score (nSPS) is 10.4. The molecule has 0 saturated heterocycles. The maximum absolute atomic E-state index is 11.2. The molecule has 1 rings (SSSR count). The lowest BCUT2D eigenvalue weighted by molar-refractivity contribution is -0.114. The van der Waals surface area contributed by atoms with E-state index in [4.69, 9.17) is 5.73 Å². The van der Waals surface area contributed by atoms with Gasteiger partial charge in [0, 0.05) is 6.92 Å². The van der Waals surface area contributed by atoms with E-state index in [0.29, 0.717) is 16.3 Å². The van der Waals surface area contributed by atoms with Crippen molar-refractivity contribution in [3.05, 3.63) is 11.3 Å². The summed E-state index contributed by atoms with van der Waals surface area (Å²) in [7, 11) is 0. The number of hydrogen-bond donors (Lipinski definition) is 2. The molecule has 1 heterocycles. The molecule has 0 saturated carbocycles. The molecule has 0 fully saturated rings. The average Bonchev–Trinajstić information content (AvgIpc) is 2.46. The maximum Gasteiger partial charge on any atom is 0.253 e. The molecule has 0 atom stereocenters. The summed E-state index contributed by atoms with van der Waals surface area (Å²) in [5.41, 5.74) is 6.21. The first-order chi connectivity index (χ1) is 6.93. The third-order valence-electron chi connectivity index (χ3n) is 1.80. The first-order valence-electron chi connectivity index (χ1n) is 4.50. The summed E-state index contributed by atoms with van der Waals surface area (Å²) >= 11 is 1.08. The van der Waals surface area contributed by atoms with Crippen molar-refractivity contribution in [2.45, 2.75) is 26.7 Å². The van der Waals surface area contributed by atoms with E-state index in [1.807, 2.05) is 13.8 Å². The van der Waals surface area contributed by atoms with Gasteiger partial charge in [0.1, 0.15) is 5.00 Å². The molecule has 0 aliphatic carbocycles. The number of amides is 2. The van der Waals surface area contributed by atoms with E-state index in [-0.39, 0.29) is 11.8 Å². The zero-order chi connectivity index (χ0) is 11.6. The van der Waals surface area contributed by atoms with Crippen molar-refractivity contribution in [3.8, 4) is 0 Å². The highest BCUT2D eigenvalue weighted by Gasteiger charge is 2.21. The standard InChI is InChI=1S/C9H13N3O2S/c1-4(2)7-6(8(10)14)9(15-12-7)11-5(3)13/h4H,1-3H3,(H2,10,14)(H,11,13). The third-order valence-corrected chi connectivity index (χ3v) is 2.58. The van der Waals surface area contributed by atoms with Gasteiger partial charge in [-0.3, -0.25) is 9.59 Å². The number of primary amides is 1. The van der Waals surface area contributed by atoms with Crippen LogP contribution >= 0.6 is 11.5 Å². The van der Waals surface area contributed by atoms with Crippen LogP contribution in [-0.2, 0) is 4.79 Å². The van der Waals surface area contributed by atoms with E-state index < -0.39 is 5.91 Å². The summed E-state index contributed by atoms with van der Waals surface area (Å²) in [5.74, 6) is -0.695. The molecule has 3 N–H and O–H groups in total. The van der Waals surface area contributed by atoms with Crippen LogP contribution in [0.15, 0.2) is 0 Å². The number of aromatic nitrogens is 1. The minimum Gasteiger partial charge on any atom is -0.365 e. The van der Waals surface area contributed by atoms with Crippen molar-refractivity contribution in [2.75, 3.05) is 5.32 Å². The first-order valence-corrected chi connectivity index (χ1v) is 5.27. The lowest BCUT2D eigenvalue weighted by atomic mass is 10.1. The van der Waals surface area contributed by atoms with E-state index in [1.54, 1.807) is 0 Å². The average molecular weight is 227 g/mol. The molecule has 5 nitrogen and oxygen atoms in total. The summed E-state index contributed by atoms with van der Waals surface area (Å²) in [6.45, 7) is 5.21. The zero-order valence-electron chi connectivity index (χ0n) is 8.83. The van der Waals surface area contributed by atoms with Gasteiger partial charge in [0.05, 0.1) is 11.3 Å². The monoisotopic (exact) mass is 227 g/mol. The minimum atomic E-state index is -0.559. The molecule has 0 aliphatic heterocycles. The summed E-state index contributed by atoms with van der Waals surface area (Å²) in [5, 5.41) is 2.98. The fourth-order valence-corrected chi connectivity index (χ4v) is 2.16. The van der Waals surface area contributed by atoms with Crippen LogP contribution in [0, 0.1) is 0 Å². The Balaban J connectivity index is 3.18. The molecular weight excluding hydrogens is 214 g/mol. The van der Waals surface area contributed by atoms with Crippen molar-refractivity contribution in [1.29, 1.82) is 0 Å². The molecule has 0 bridgehead atoms. The zero-order valence-corrected chi connectivity index (χ0v) is 9.64. The Kier molecular flexibility index (Phi) is 3.41. The Morgan fingerprint density at radius 3 is 2.47 bits per heavy atom. The van der Waals surface area contributed by atoms with Crippen LogP contribution in [0.2, 0.25) is 0 Å². The van der Waals surface area contributed by atoms with Crippen LogP contribution in [0.5, 0.6) is 0 Å². The number of anilines is 1. The van der Waals surface area contributed by atoms with Gasteiger partial charge in [-0.1, -0.05) is 13.8 Å². The van der Waals surface area contributed by atoms with Gasteiger partial charge in [-0.25, -0.2) is 0 Å². The van der Waals surface area contributed by atoms with Gasteiger partial charge < -0.3 is 11.1 Å². The fraction of sp³-hybridized carbons (Fsp3) is 0.444. The Morgan fingerprint density at radius 1 is 1.47 bits per heavy atom. The Hall–Kier alpha value is -1.43. The maximum atomic E-state index is 11.2. The van der Waals surface area contributed by atoms with Crippen LogP contribution in [0.25, 0.3) is 0 Å². The number of carbonyl (C=O) groups excluding carboxylic acids is 2. The van der Waals surface area contributed by atoms with Crippen molar-refractivity contribution in [3.63, 3.8) is 0 Å². The molecule has 0 aromatic carbocycles. The van der Waals surface area contributed by atoms with Crippen LogP contribution in [0.3, 0.4) is 0 Å². The van der Waals surface area contributed by atoms with Crippen molar-refractivity contribution in [1.82, 2.24) is 4.37 Å². The molecule has 1 aromatic rings. The molecule has 0 radical (unpaired) electrons. The molecule has 0 unspecified atom stereocenters. The number of nitrogens with one attached hydrogen (secondary N) is 1. The molecule has 82 valence electrons. The van der Waals surface area contributed by atoms with Crippen LogP contribution < -0.4 is 11.1 Å². The Bertz CT molecular complexity index is 398. The highest BCUT2D eigenvalue weighted by Crippen LogP contribution is 2.29. The summed E-state index contributed by atoms with van der Waals surface area (Å²) in [6.07, 6.45) is 0. The van der Waals surface area contributed by atoms with Gasteiger partial charge in [-0.15, -0.1) is 0 Å². The van der Waals surface area contributed by atoms with Gasteiger partial charge in [-0.05, 0) is 17.5 Å². The molecule has 6 heteroatoms. The first kappa shape index (κ1) is 11.6. The van der Waals surface area contributed by atoms with Crippen LogP contribution in [0.1, 0.15) is 42.7 Å². The van der Waals surface area contributed by atoms with Crippen molar-refractivity contribution >= 4 is 28.3 Å². The third kappa shape index (κ3) is 2.53. The van der Waals surface area contributed by atoms with Crippen molar-refractivity contribution in [2.24, 2.45) is 5.73 Å². The summed E-state index contributed by atoms with van der Waals surface area (Å²) < 4.78 is 4.12. The fourth-order valence-electron chi connectivity index (χ4n) is 1.18. The number of rotatable bonds is 3. The second kappa shape index (κ2) is 4.39. The van der Waals surface area contributed by atoms with Gasteiger partial charge >= 0.3 is 0 Å². The van der Waals surface area contributed by atoms with Gasteiger partial charge in [0.2, 0.25) is 5.91 Å². The van der Waals surface area contributed by atoms with E-state index in [9.17, 15) is 9.59 Å². The summed E-state index contributed by atoms with van der Waals surface area (Å²) in [4.78, 5) is 22.1. The predicted molar refractivity (Wildman–Crippen MR) is 59.0 cm³/mol. The highest BCUT2D eigenvalue weighted by molar-refractivity contribution is 7.11. The van der Waals surface area contributed by atoms with Crippen LogP contribution in [-0.4, -0.2) is 16.2 Å². The quantitative estimate of drug-likeness (QED) is 0.816. The van der Waals surface area contributed by atoms with E-state index in [0.717, 1.165) is 11.5 Å². The predicted octanol–water partition coefficient (Wildman–Crippen LogP) is 1.32. The van der Waals surface area contributed by atoms with Crippen LogP contribution in [0.4, 0.5) is 5.00 Å². The lowest BCUT2D eigenvalue weighted by Gasteiger charge is -2.04. The smallest absolute Gasteiger partial charge is 0.253 e. The van der Waals surface area contributed by atoms with Crippen molar-refractivity contribution < 1.29 is 9.59 Å². The van der Waals surface area contributed by atoms with E-state index >= 15 is 0 Å². The van der Waals surface area contributed by atoms with E-state index in [1.165, 1.54) is 6.92 Å². The van der Waals surface area contributed by atoms with E-state index in [2.05, 4.69) is 9.69 Å². The molecule has 0 aliphatic rings. The Labute approximate surface area is 91.8 Å². The number of nitrogens with two attached hydrogens (primary N) is 1. The highest BCUT2D eigenvalue weighted by atomic mass is 32.1. The topological polar surface area (TPSA) is 85.1 Å². The summed E-state index contributed by atoms with van der Waals surface area (Å²) in [6, 6.07) is 0. The number of nitrogens with zero attached hydrogens (tertiary/aromatic N) is 1. The lowest BCUT2D eigenvalue weighted by Crippen LogP contribution is -2.16. The Morgan fingerprint density at radius 2 is 2.07 bits per heavy atom. The number of carbonyl (C=O) groups is 2. The second-order valence-corrected chi connectivity index (χ2v) is 4.25. The largest absolute Gasteiger partial charge is 0.365 e. The minimum absolute atomic E-state index is 0.103. The molecule has 2 amide bonds.